The summed E-state index contributed by atoms with van der Waals surface area (Å²) < 4.78 is 14.6. The topological polar surface area (TPSA) is 103 Å². The van der Waals surface area contributed by atoms with Crippen molar-refractivity contribution in [1.82, 2.24) is 0 Å². The Morgan fingerprint density at radius 3 is 2.12 bits per heavy atom. The molecule has 0 aromatic heterocycles. The van der Waals surface area contributed by atoms with Crippen LogP contribution in [-0.4, -0.2) is 50.5 Å². The molecule has 1 aromatic carbocycles. The molecule has 0 fully saturated rings. The fourth-order valence-corrected chi connectivity index (χ4v) is 1.90. The van der Waals surface area contributed by atoms with Crippen molar-refractivity contribution in [3.05, 3.63) is 24.3 Å². The van der Waals surface area contributed by atoms with Crippen molar-refractivity contribution in [3.8, 4) is 0 Å². The molecule has 8 nitrogen and oxygen atoms in total. The van der Waals surface area contributed by atoms with Gasteiger partial charge in [-0.15, -0.1) is 0 Å². The van der Waals surface area contributed by atoms with Gasteiger partial charge in [0.25, 0.3) is 0 Å². The lowest BCUT2D eigenvalue weighted by Gasteiger charge is -2.10. The maximum absolute atomic E-state index is 11.9. The smallest absolute Gasteiger partial charge is 0.325 e. The molecule has 0 unspecified atom stereocenters. The van der Waals surface area contributed by atoms with E-state index in [1.54, 1.807) is 38.1 Å². The fourth-order valence-electron chi connectivity index (χ4n) is 1.90. The minimum absolute atomic E-state index is 0.163. The van der Waals surface area contributed by atoms with Gasteiger partial charge in [-0.1, -0.05) is 0 Å². The Labute approximate surface area is 152 Å². The molecule has 1 N–H and O–H groups in total. The second-order valence-corrected chi connectivity index (χ2v) is 5.07. The van der Waals surface area contributed by atoms with Gasteiger partial charge in [-0.3, -0.25) is 19.4 Å². The number of hydrogen-bond acceptors (Lipinski definition) is 8. The van der Waals surface area contributed by atoms with E-state index in [1.165, 1.54) is 13.1 Å². The molecule has 1 rings (SSSR count). The van der Waals surface area contributed by atoms with E-state index < -0.39 is 17.9 Å². The standard InChI is InChI=1S/C18H24N2O6/c1-4-24-17(22)16(18(23)25-5-2)12-20-15-8-6-14(7-9-15)19-10-11-26-13(3)21/h6-9,12,16,19H,4-5,10-11H2,1-3H3. The summed E-state index contributed by atoms with van der Waals surface area (Å²) in [4.78, 5) is 38.6. The maximum Gasteiger partial charge on any atom is 0.325 e. The molecule has 0 radical (unpaired) electrons. The Morgan fingerprint density at radius 1 is 1.04 bits per heavy atom. The molecule has 0 amide bonds. The van der Waals surface area contributed by atoms with Gasteiger partial charge in [-0.2, -0.15) is 0 Å². The van der Waals surface area contributed by atoms with Crippen LogP contribution >= 0.6 is 0 Å². The van der Waals surface area contributed by atoms with Crippen LogP contribution in [0.1, 0.15) is 20.8 Å². The predicted molar refractivity (Wildman–Crippen MR) is 96.5 cm³/mol. The summed E-state index contributed by atoms with van der Waals surface area (Å²) in [6.07, 6.45) is 1.22. The summed E-state index contributed by atoms with van der Waals surface area (Å²) >= 11 is 0. The second kappa shape index (κ2) is 11.6. The molecular formula is C18H24N2O6. The Bertz CT molecular complexity index is 609. The van der Waals surface area contributed by atoms with Gasteiger partial charge in [0.1, 0.15) is 6.61 Å². The zero-order valence-corrected chi connectivity index (χ0v) is 15.2. The molecule has 0 saturated carbocycles. The number of rotatable bonds is 10. The summed E-state index contributed by atoms with van der Waals surface area (Å²) in [5, 5.41) is 3.08. The maximum atomic E-state index is 11.9. The molecule has 0 atom stereocenters. The number of carbonyl (C=O) groups is 3. The third-order valence-electron chi connectivity index (χ3n) is 3.06. The van der Waals surface area contributed by atoms with Crippen molar-refractivity contribution >= 4 is 35.5 Å². The number of nitrogens with one attached hydrogen (secondary N) is 1. The Balaban J connectivity index is 2.67. The number of nitrogens with zero attached hydrogens (tertiary/aromatic N) is 1. The molecule has 0 aliphatic heterocycles. The van der Waals surface area contributed by atoms with E-state index in [-0.39, 0.29) is 25.8 Å². The van der Waals surface area contributed by atoms with E-state index >= 15 is 0 Å². The lowest BCUT2D eigenvalue weighted by Crippen LogP contribution is -2.29. The number of anilines is 1. The molecule has 26 heavy (non-hydrogen) atoms. The van der Waals surface area contributed by atoms with Crippen molar-refractivity contribution in [1.29, 1.82) is 0 Å². The van der Waals surface area contributed by atoms with Crippen LogP contribution in [0.3, 0.4) is 0 Å². The van der Waals surface area contributed by atoms with Gasteiger partial charge in [-0.05, 0) is 38.1 Å². The number of benzene rings is 1. The Morgan fingerprint density at radius 2 is 1.62 bits per heavy atom. The summed E-state index contributed by atoms with van der Waals surface area (Å²) in [5.74, 6) is -2.91. The summed E-state index contributed by atoms with van der Waals surface area (Å²) in [5.41, 5.74) is 1.39. The quantitative estimate of drug-likeness (QED) is 0.223. The van der Waals surface area contributed by atoms with Crippen molar-refractivity contribution < 1.29 is 28.6 Å². The first-order valence-electron chi connectivity index (χ1n) is 8.32. The first-order chi connectivity index (χ1) is 12.5. The van der Waals surface area contributed by atoms with Gasteiger partial charge in [0.2, 0.25) is 0 Å². The lowest BCUT2D eigenvalue weighted by atomic mass is 10.1. The lowest BCUT2D eigenvalue weighted by molar-refractivity contribution is -0.157. The molecule has 142 valence electrons. The largest absolute Gasteiger partial charge is 0.465 e. The third kappa shape index (κ3) is 7.78. The first kappa shape index (κ1) is 21.1. The van der Waals surface area contributed by atoms with E-state index in [4.69, 9.17) is 14.2 Å². The molecule has 0 aliphatic carbocycles. The summed E-state index contributed by atoms with van der Waals surface area (Å²) in [6, 6.07) is 7.00. The predicted octanol–water partition coefficient (Wildman–Crippen LogP) is 2.11. The van der Waals surface area contributed by atoms with E-state index in [0.29, 0.717) is 12.2 Å². The van der Waals surface area contributed by atoms with Crippen LogP contribution in [-0.2, 0) is 28.6 Å². The first-order valence-corrected chi connectivity index (χ1v) is 8.32. The number of carbonyl (C=O) groups excluding carboxylic acids is 3. The second-order valence-electron chi connectivity index (χ2n) is 5.07. The van der Waals surface area contributed by atoms with Crippen molar-refractivity contribution in [2.45, 2.75) is 20.8 Å². The summed E-state index contributed by atoms with van der Waals surface area (Å²) in [6.45, 7) is 5.75. The van der Waals surface area contributed by atoms with Crippen LogP contribution in [0.15, 0.2) is 29.3 Å². The number of ether oxygens (including phenoxy) is 3. The van der Waals surface area contributed by atoms with Crippen LogP contribution in [0.25, 0.3) is 0 Å². The molecule has 8 heteroatoms. The molecular weight excluding hydrogens is 340 g/mol. The highest BCUT2D eigenvalue weighted by Gasteiger charge is 2.27. The van der Waals surface area contributed by atoms with E-state index in [2.05, 4.69) is 10.3 Å². The molecule has 0 aliphatic rings. The van der Waals surface area contributed by atoms with E-state index in [1.807, 2.05) is 0 Å². The number of hydrogen-bond donors (Lipinski definition) is 1. The summed E-state index contributed by atoms with van der Waals surface area (Å²) in [7, 11) is 0. The van der Waals surface area contributed by atoms with E-state index in [9.17, 15) is 14.4 Å². The van der Waals surface area contributed by atoms with Crippen LogP contribution < -0.4 is 5.32 Å². The van der Waals surface area contributed by atoms with Gasteiger partial charge < -0.3 is 19.5 Å². The molecule has 1 aromatic rings. The highest BCUT2D eigenvalue weighted by Crippen LogP contribution is 2.16. The highest BCUT2D eigenvalue weighted by molar-refractivity contribution is 6.09. The van der Waals surface area contributed by atoms with Crippen LogP contribution in [0.2, 0.25) is 0 Å². The zero-order valence-electron chi connectivity index (χ0n) is 15.2. The monoisotopic (exact) mass is 364 g/mol. The molecule has 0 spiro atoms. The molecule has 0 heterocycles. The zero-order chi connectivity index (χ0) is 19.4. The van der Waals surface area contributed by atoms with Gasteiger partial charge in [0, 0.05) is 25.4 Å². The fraction of sp³-hybridized carbons (Fsp3) is 0.444. The van der Waals surface area contributed by atoms with Gasteiger partial charge >= 0.3 is 17.9 Å². The average Bonchev–Trinajstić information content (AvgIpc) is 2.60. The van der Waals surface area contributed by atoms with Crippen LogP contribution in [0.4, 0.5) is 11.4 Å². The molecule has 0 saturated heterocycles. The minimum Gasteiger partial charge on any atom is -0.465 e. The SMILES string of the molecule is CCOC(=O)C(C=Nc1ccc(NCCOC(C)=O)cc1)C(=O)OCC. The van der Waals surface area contributed by atoms with Gasteiger partial charge in [0.15, 0.2) is 5.92 Å². The third-order valence-corrected chi connectivity index (χ3v) is 3.06. The van der Waals surface area contributed by atoms with Crippen molar-refractivity contribution in [3.63, 3.8) is 0 Å². The van der Waals surface area contributed by atoms with Crippen molar-refractivity contribution in [2.24, 2.45) is 10.9 Å². The normalized spacial score (nSPS) is 10.6. The van der Waals surface area contributed by atoms with Crippen LogP contribution in [0.5, 0.6) is 0 Å². The van der Waals surface area contributed by atoms with Crippen molar-refractivity contribution in [2.75, 3.05) is 31.7 Å². The average molecular weight is 364 g/mol. The molecule has 0 bridgehead atoms. The number of aliphatic imine (C=N–C) groups is 1. The van der Waals surface area contributed by atoms with Gasteiger partial charge in [0.05, 0.1) is 18.9 Å². The minimum atomic E-state index is -1.20. The highest BCUT2D eigenvalue weighted by atomic mass is 16.6. The van der Waals surface area contributed by atoms with E-state index in [0.717, 1.165) is 5.69 Å². The number of esters is 3. The van der Waals surface area contributed by atoms with Crippen LogP contribution in [0, 0.1) is 5.92 Å². The van der Waals surface area contributed by atoms with Gasteiger partial charge in [-0.25, -0.2) is 0 Å². The Hall–Kier alpha value is -2.90. The Kier molecular flexibility index (Phi) is 9.45.